The van der Waals surface area contributed by atoms with Gasteiger partial charge in [0.25, 0.3) is 0 Å². The molecule has 0 unspecified atom stereocenters. The number of ether oxygens (including phenoxy) is 1. The summed E-state index contributed by atoms with van der Waals surface area (Å²) in [5.74, 6) is -1.27. The SMILES string of the molecule is CCNC(=O)C(=O)N/N=C\c1cccc(OCc2ccc(F)cc2)c1. The molecule has 0 spiro atoms. The van der Waals surface area contributed by atoms with Crippen molar-refractivity contribution in [2.24, 2.45) is 5.10 Å². The Bertz CT molecular complexity index is 760. The second-order valence-electron chi connectivity index (χ2n) is 5.05. The first kappa shape index (κ1) is 18.1. The summed E-state index contributed by atoms with van der Waals surface area (Å²) < 4.78 is 18.5. The fraction of sp³-hybridized carbons (Fsp3) is 0.167. The summed E-state index contributed by atoms with van der Waals surface area (Å²) in [7, 11) is 0. The maximum Gasteiger partial charge on any atom is 0.329 e. The van der Waals surface area contributed by atoms with Crippen LogP contribution in [0.2, 0.25) is 0 Å². The summed E-state index contributed by atoms with van der Waals surface area (Å²) in [6.45, 7) is 2.38. The number of benzene rings is 2. The van der Waals surface area contributed by atoms with Crippen LogP contribution in [-0.4, -0.2) is 24.6 Å². The van der Waals surface area contributed by atoms with Crippen LogP contribution in [0.25, 0.3) is 0 Å². The van der Waals surface area contributed by atoms with E-state index in [0.717, 1.165) is 5.56 Å². The molecule has 130 valence electrons. The smallest absolute Gasteiger partial charge is 0.329 e. The maximum atomic E-state index is 12.9. The minimum atomic E-state index is -0.832. The zero-order valence-corrected chi connectivity index (χ0v) is 13.7. The van der Waals surface area contributed by atoms with Crippen LogP contribution in [0.5, 0.6) is 5.75 Å². The van der Waals surface area contributed by atoms with E-state index in [1.165, 1.54) is 18.3 Å². The molecule has 0 atom stereocenters. The van der Waals surface area contributed by atoms with Gasteiger partial charge in [0.05, 0.1) is 6.21 Å². The van der Waals surface area contributed by atoms with Crippen molar-refractivity contribution in [3.05, 3.63) is 65.5 Å². The number of hydrogen-bond acceptors (Lipinski definition) is 4. The van der Waals surface area contributed by atoms with Gasteiger partial charge in [0.2, 0.25) is 0 Å². The van der Waals surface area contributed by atoms with Gasteiger partial charge in [0.15, 0.2) is 0 Å². The molecule has 2 N–H and O–H groups in total. The van der Waals surface area contributed by atoms with E-state index in [4.69, 9.17) is 4.74 Å². The first-order valence-corrected chi connectivity index (χ1v) is 7.67. The predicted octanol–water partition coefficient (Wildman–Crippen LogP) is 1.99. The number of halogens is 1. The number of likely N-dealkylation sites (N-methyl/N-ethyl adjacent to an activating group) is 1. The summed E-state index contributed by atoms with van der Waals surface area (Å²) in [5, 5.41) is 6.10. The molecule has 0 aliphatic rings. The first-order chi connectivity index (χ1) is 12.1. The number of nitrogens with one attached hydrogen (secondary N) is 2. The van der Waals surface area contributed by atoms with E-state index in [9.17, 15) is 14.0 Å². The maximum absolute atomic E-state index is 12.9. The van der Waals surface area contributed by atoms with Crippen molar-refractivity contribution in [3.63, 3.8) is 0 Å². The number of carbonyl (C=O) groups excluding carboxylic acids is 2. The molecule has 25 heavy (non-hydrogen) atoms. The van der Waals surface area contributed by atoms with E-state index in [-0.39, 0.29) is 5.82 Å². The van der Waals surface area contributed by atoms with Gasteiger partial charge >= 0.3 is 11.8 Å². The molecule has 0 saturated heterocycles. The second kappa shape index (κ2) is 9.17. The fourth-order valence-corrected chi connectivity index (χ4v) is 1.89. The molecule has 6 nitrogen and oxygen atoms in total. The molecule has 2 aromatic rings. The number of nitrogens with zero attached hydrogens (tertiary/aromatic N) is 1. The van der Waals surface area contributed by atoms with Crippen LogP contribution in [0, 0.1) is 5.82 Å². The molecule has 0 saturated carbocycles. The number of amides is 2. The molecular formula is C18H18FN3O3. The number of carbonyl (C=O) groups is 2. The molecule has 0 aliphatic heterocycles. The Balaban J connectivity index is 1.89. The lowest BCUT2D eigenvalue weighted by atomic mass is 10.2. The predicted molar refractivity (Wildman–Crippen MR) is 91.6 cm³/mol. The van der Waals surface area contributed by atoms with Crippen LogP contribution in [0.1, 0.15) is 18.1 Å². The third-order valence-electron chi connectivity index (χ3n) is 3.10. The lowest BCUT2D eigenvalue weighted by Gasteiger charge is -2.07. The Morgan fingerprint density at radius 2 is 1.92 bits per heavy atom. The topological polar surface area (TPSA) is 79.8 Å². The van der Waals surface area contributed by atoms with Gasteiger partial charge in [-0.2, -0.15) is 5.10 Å². The van der Waals surface area contributed by atoms with E-state index >= 15 is 0 Å². The van der Waals surface area contributed by atoms with Crippen LogP contribution in [0.3, 0.4) is 0 Å². The van der Waals surface area contributed by atoms with E-state index < -0.39 is 11.8 Å². The zero-order chi connectivity index (χ0) is 18.1. The van der Waals surface area contributed by atoms with Gasteiger partial charge in [-0.05, 0) is 42.3 Å². The number of hydrogen-bond donors (Lipinski definition) is 2. The van der Waals surface area contributed by atoms with Crippen molar-refractivity contribution in [2.45, 2.75) is 13.5 Å². The van der Waals surface area contributed by atoms with E-state index in [0.29, 0.717) is 24.5 Å². The van der Waals surface area contributed by atoms with Crippen LogP contribution < -0.4 is 15.5 Å². The molecule has 0 fully saturated rings. The summed E-state index contributed by atoms with van der Waals surface area (Å²) in [5.41, 5.74) is 3.67. The lowest BCUT2D eigenvalue weighted by Crippen LogP contribution is -2.37. The zero-order valence-electron chi connectivity index (χ0n) is 13.7. The molecule has 0 aliphatic carbocycles. The molecule has 0 heterocycles. The van der Waals surface area contributed by atoms with Crippen molar-refractivity contribution in [3.8, 4) is 5.75 Å². The molecule has 0 radical (unpaired) electrons. The van der Waals surface area contributed by atoms with Crippen molar-refractivity contribution in [1.29, 1.82) is 0 Å². The third-order valence-corrected chi connectivity index (χ3v) is 3.10. The van der Waals surface area contributed by atoms with Crippen LogP contribution in [0.4, 0.5) is 4.39 Å². The fourth-order valence-electron chi connectivity index (χ4n) is 1.89. The van der Waals surface area contributed by atoms with E-state index in [2.05, 4.69) is 15.8 Å². The largest absolute Gasteiger partial charge is 0.489 e. The summed E-state index contributed by atoms with van der Waals surface area (Å²) in [4.78, 5) is 22.6. The van der Waals surface area contributed by atoms with Gasteiger partial charge in [-0.1, -0.05) is 24.3 Å². The Kier molecular flexibility index (Phi) is 6.65. The normalized spacial score (nSPS) is 10.5. The van der Waals surface area contributed by atoms with Gasteiger partial charge in [-0.3, -0.25) is 9.59 Å². The van der Waals surface area contributed by atoms with Crippen molar-refractivity contribution in [1.82, 2.24) is 10.7 Å². The minimum Gasteiger partial charge on any atom is -0.489 e. The Labute approximate surface area is 144 Å². The van der Waals surface area contributed by atoms with Gasteiger partial charge < -0.3 is 10.1 Å². The lowest BCUT2D eigenvalue weighted by molar-refractivity contribution is -0.139. The van der Waals surface area contributed by atoms with Crippen molar-refractivity contribution < 1.29 is 18.7 Å². The highest BCUT2D eigenvalue weighted by Gasteiger charge is 2.10. The Morgan fingerprint density at radius 1 is 1.16 bits per heavy atom. The summed E-state index contributed by atoms with van der Waals surface area (Å²) >= 11 is 0. The monoisotopic (exact) mass is 343 g/mol. The molecule has 0 aromatic heterocycles. The van der Waals surface area contributed by atoms with Crippen molar-refractivity contribution in [2.75, 3.05) is 6.54 Å². The summed E-state index contributed by atoms with van der Waals surface area (Å²) in [6, 6.07) is 13.1. The van der Waals surface area contributed by atoms with Crippen LogP contribution in [0.15, 0.2) is 53.6 Å². The van der Waals surface area contributed by atoms with E-state index in [1.54, 1.807) is 43.3 Å². The van der Waals surface area contributed by atoms with Gasteiger partial charge in [0, 0.05) is 6.54 Å². The average molecular weight is 343 g/mol. The van der Waals surface area contributed by atoms with Gasteiger partial charge in [0.1, 0.15) is 18.2 Å². The highest BCUT2D eigenvalue weighted by Crippen LogP contribution is 2.14. The van der Waals surface area contributed by atoms with E-state index in [1.807, 2.05) is 0 Å². The highest BCUT2D eigenvalue weighted by molar-refractivity contribution is 6.35. The molecule has 2 amide bonds. The molecule has 2 aromatic carbocycles. The quantitative estimate of drug-likeness (QED) is 0.478. The number of rotatable bonds is 6. The molecule has 7 heteroatoms. The first-order valence-electron chi connectivity index (χ1n) is 7.67. The van der Waals surface area contributed by atoms with Gasteiger partial charge in [-0.25, -0.2) is 9.82 Å². The molecule has 2 rings (SSSR count). The molecular weight excluding hydrogens is 325 g/mol. The van der Waals surface area contributed by atoms with Crippen molar-refractivity contribution >= 4 is 18.0 Å². The molecule has 0 bridgehead atoms. The standard InChI is InChI=1S/C18H18FN3O3/c1-2-20-17(23)18(24)22-21-11-14-4-3-5-16(10-14)25-12-13-6-8-15(19)9-7-13/h3-11H,2,12H2,1H3,(H,20,23)(H,22,24)/b21-11-. The van der Waals surface area contributed by atoms with Crippen LogP contribution >= 0.6 is 0 Å². The Hall–Kier alpha value is -3.22. The highest BCUT2D eigenvalue weighted by atomic mass is 19.1. The number of hydrazone groups is 1. The average Bonchev–Trinajstić information content (AvgIpc) is 2.62. The van der Waals surface area contributed by atoms with Gasteiger partial charge in [-0.15, -0.1) is 0 Å². The minimum absolute atomic E-state index is 0.295. The van der Waals surface area contributed by atoms with Crippen LogP contribution in [-0.2, 0) is 16.2 Å². The second-order valence-corrected chi connectivity index (χ2v) is 5.05. The third kappa shape index (κ3) is 6.06. The Morgan fingerprint density at radius 3 is 2.64 bits per heavy atom. The summed E-state index contributed by atoms with van der Waals surface area (Å²) in [6.07, 6.45) is 1.40.